The van der Waals surface area contributed by atoms with Gasteiger partial charge in [-0.05, 0) is 48.9 Å². The maximum Gasteiger partial charge on any atom is 0.416 e. The summed E-state index contributed by atoms with van der Waals surface area (Å²) in [5, 5.41) is 10.7. The number of halogens is 9. The van der Waals surface area contributed by atoms with Crippen molar-refractivity contribution in [1.29, 1.82) is 0 Å². The van der Waals surface area contributed by atoms with Gasteiger partial charge in [-0.15, -0.1) is 5.10 Å². The molecule has 0 amide bonds. The summed E-state index contributed by atoms with van der Waals surface area (Å²) in [4.78, 5) is 13.1. The number of nitrogens with zero attached hydrogens (tertiary/aromatic N) is 4. The van der Waals surface area contributed by atoms with Gasteiger partial charge < -0.3 is 4.52 Å². The molecule has 0 saturated carbocycles. The Morgan fingerprint density at radius 1 is 0.973 bits per heavy atom. The highest BCUT2D eigenvalue weighted by Gasteiger charge is 2.37. The molecular weight excluding hydrogens is 556 g/mol. The summed E-state index contributed by atoms with van der Waals surface area (Å²) < 4.78 is 98.4. The lowest BCUT2D eigenvalue weighted by Crippen LogP contribution is -2.13. The Morgan fingerprint density at radius 2 is 1.59 bits per heavy atom. The highest BCUT2D eigenvalue weighted by atomic mass is 35.5. The van der Waals surface area contributed by atoms with Crippen LogP contribution < -0.4 is 0 Å². The van der Waals surface area contributed by atoms with Gasteiger partial charge in [0.2, 0.25) is 0 Å². The van der Waals surface area contributed by atoms with Gasteiger partial charge in [-0.1, -0.05) is 33.6 Å². The van der Waals surface area contributed by atoms with Crippen LogP contribution in [0.4, 0.5) is 30.7 Å². The fraction of sp³-hybridized carbons (Fsp3) is 0.182. The fourth-order valence-electron chi connectivity index (χ4n) is 3.44. The third-order valence-corrected chi connectivity index (χ3v) is 5.83. The molecule has 0 atom stereocenters. The second-order valence-electron chi connectivity index (χ2n) is 7.72. The third kappa shape index (κ3) is 5.32. The number of alkyl halides is 6. The van der Waals surface area contributed by atoms with Gasteiger partial charge in [-0.2, -0.15) is 26.3 Å². The van der Waals surface area contributed by atoms with Crippen LogP contribution in [0.25, 0.3) is 11.4 Å². The highest BCUT2D eigenvalue weighted by molar-refractivity contribution is 6.35. The van der Waals surface area contributed by atoms with Gasteiger partial charge in [-0.25, -0.2) is 9.07 Å². The molecule has 0 radical (unpaired) electrons. The van der Waals surface area contributed by atoms with Gasteiger partial charge in [0, 0.05) is 5.56 Å². The number of aryl methyl sites for hydroxylation is 1. The van der Waals surface area contributed by atoms with E-state index in [1.54, 1.807) is 0 Å². The van der Waals surface area contributed by atoms with Crippen LogP contribution in [0.3, 0.4) is 0 Å². The lowest BCUT2D eigenvalue weighted by molar-refractivity contribution is -0.143. The van der Waals surface area contributed by atoms with Gasteiger partial charge in [-0.3, -0.25) is 4.79 Å². The summed E-state index contributed by atoms with van der Waals surface area (Å²) in [5.41, 5.74) is -4.12. The van der Waals surface area contributed by atoms with Gasteiger partial charge in [0.05, 0.1) is 28.3 Å². The van der Waals surface area contributed by atoms with Crippen molar-refractivity contribution >= 4 is 29.0 Å². The molecule has 194 valence electrons. The first-order valence-electron chi connectivity index (χ1n) is 10.0. The smallest absolute Gasteiger partial charge is 0.360 e. The highest BCUT2D eigenvalue weighted by Crippen LogP contribution is 2.37. The second kappa shape index (κ2) is 9.45. The zero-order chi connectivity index (χ0) is 27.3. The average molecular weight is 567 g/mol. The van der Waals surface area contributed by atoms with Crippen molar-refractivity contribution < 1.29 is 40.1 Å². The quantitative estimate of drug-likeness (QED) is 0.192. The topological polar surface area (TPSA) is 73.8 Å². The second-order valence-corrected chi connectivity index (χ2v) is 8.48. The van der Waals surface area contributed by atoms with Crippen molar-refractivity contribution in [2.75, 3.05) is 0 Å². The SMILES string of the molecule is Cc1onc(-c2nnn(Cc3cc(C(F)(F)F)cc(C(F)(F)F)c3)c2Cl)c1C(=O)c1ccc(F)cc1Cl. The molecule has 37 heavy (non-hydrogen) atoms. The van der Waals surface area contributed by atoms with Crippen molar-refractivity contribution in [2.24, 2.45) is 0 Å². The largest absolute Gasteiger partial charge is 0.416 e. The number of benzene rings is 2. The van der Waals surface area contributed by atoms with Crippen LogP contribution in [0.2, 0.25) is 10.2 Å². The van der Waals surface area contributed by atoms with Gasteiger partial charge in [0.1, 0.15) is 17.3 Å². The van der Waals surface area contributed by atoms with Crippen LogP contribution in [0, 0.1) is 12.7 Å². The molecule has 4 rings (SSSR count). The zero-order valence-electron chi connectivity index (χ0n) is 18.2. The molecule has 15 heteroatoms. The molecule has 2 aromatic heterocycles. The molecule has 0 bridgehead atoms. The number of hydrogen-bond donors (Lipinski definition) is 0. The summed E-state index contributed by atoms with van der Waals surface area (Å²) in [6, 6.07) is 4.12. The van der Waals surface area contributed by atoms with E-state index in [1.165, 1.54) is 6.92 Å². The van der Waals surface area contributed by atoms with Gasteiger partial charge in [0.25, 0.3) is 0 Å². The van der Waals surface area contributed by atoms with E-state index in [0.29, 0.717) is 12.1 Å². The standard InChI is InChI=1S/C22H11Cl2F7N4O2/c1-9-16(19(36)14-3-2-13(25)7-15(14)23)17(33-37-9)18-20(24)35(34-32-18)8-10-4-11(21(26,27)28)6-12(5-10)22(29,30)31/h2-7H,8H2,1H3. The maximum atomic E-state index is 13.4. The van der Waals surface area contributed by atoms with Crippen LogP contribution in [-0.2, 0) is 18.9 Å². The van der Waals surface area contributed by atoms with E-state index in [4.69, 9.17) is 27.7 Å². The first kappa shape index (κ1) is 26.6. The molecule has 6 nitrogen and oxygen atoms in total. The van der Waals surface area contributed by atoms with Gasteiger partial charge in [0.15, 0.2) is 16.6 Å². The zero-order valence-corrected chi connectivity index (χ0v) is 19.7. The normalized spacial score (nSPS) is 12.3. The lowest BCUT2D eigenvalue weighted by atomic mass is 10.0. The Morgan fingerprint density at radius 3 is 2.16 bits per heavy atom. The molecule has 0 saturated heterocycles. The molecule has 0 fully saturated rings. The van der Waals surface area contributed by atoms with Crippen molar-refractivity contribution in [3.8, 4) is 11.4 Å². The Bertz CT molecular complexity index is 1480. The maximum absolute atomic E-state index is 13.4. The lowest BCUT2D eigenvalue weighted by Gasteiger charge is -2.14. The summed E-state index contributed by atoms with van der Waals surface area (Å²) in [6.45, 7) is 0.767. The fourth-order valence-corrected chi connectivity index (χ4v) is 3.91. The predicted octanol–water partition coefficient (Wildman–Crippen LogP) is 7.00. The van der Waals surface area contributed by atoms with Crippen molar-refractivity contribution in [3.05, 3.63) is 86.0 Å². The van der Waals surface area contributed by atoms with E-state index in [0.717, 1.165) is 22.9 Å². The Hall–Kier alpha value is -3.45. The average Bonchev–Trinajstić information content (AvgIpc) is 3.34. The van der Waals surface area contributed by atoms with Gasteiger partial charge >= 0.3 is 12.4 Å². The Labute approximate surface area is 212 Å². The summed E-state index contributed by atoms with van der Waals surface area (Å²) in [7, 11) is 0. The summed E-state index contributed by atoms with van der Waals surface area (Å²) >= 11 is 12.3. The number of rotatable bonds is 5. The van der Waals surface area contributed by atoms with Crippen LogP contribution in [0.1, 0.15) is 38.4 Å². The minimum atomic E-state index is -5.04. The summed E-state index contributed by atoms with van der Waals surface area (Å²) in [6.07, 6.45) is -10.1. The van der Waals surface area contributed by atoms with E-state index in [9.17, 15) is 35.5 Å². The molecule has 0 spiro atoms. The van der Waals surface area contributed by atoms with E-state index in [2.05, 4.69) is 15.5 Å². The molecule has 0 N–H and O–H groups in total. The number of hydrogen-bond acceptors (Lipinski definition) is 5. The van der Waals surface area contributed by atoms with E-state index < -0.39 is 47.2 Å². The first-order chi connectivity index (χ1) is 17.2. The van der Waals surface area contributed by atoms with Crippen LogP contribution in [0.5, 0.6) is 0 Å². The van der Waals surface area contributed by atoms with E-state index in [1.807, 2.05) is 0 Å². The molecule has 0 aliphatic rings. The number of carbonyl (C=O) groups excluding carboxylic acids is 1. The molecule has 4 aromatic rings. The van der Waals surface area contributed by atoms with Crippen molar-refractivity contribution in [3.63, 3.8) is 0 Å². The molecule has 0 aliphatic heterocycles. The number of aromatic nitrogens is 4. The Balaban J connectivity index is 1.74. The Kier molecular flexibility index (Phi) is 6.80. The molecule has 0 unspecified atom stereocenters. The molecule has 0 aliphatic carbocycles. The van der Waals surface area contributed by atoms with Crippen LogP contribution in [-0.4, -0.2) is 25.9 Å². The van der Waals surface area contributed by atoms with E-state index in [-0.39, 0.29) is 44.5 Å². The molecular formula is C22H11Cl2F7N4O2. The minimum absolute atomic E-state index is 0.00544. The molecule has 2 aromatic carbocycles. The minimum Gasteiger partial charge on any atom is -0.360 e. The predicted molar refractivity (Wildman–Crippen MR) is 116 cm³/mol. The van der Waals surface area contributed by atoms with Crippen LogP contribution in [0.15, 0.2) is 40.9 Å². The molecule has 2 heterocycles. The van der Waals surface area contributed by atoms with E-state index >= 15 is 0 Å². The van der Waals surface area contributed by atoms with Crippen molar-refractivity contribution in [1.82, 2.24) is 20.2 Å². The monoisotopic (exact) mass is 566 g/mol. The third-order valence-electron chi connectivity index (χ3n) is 5.14. The number of ketones is 1. The summed E-state index contributed by atoms with van der Waals surface area (Å²) in [5.74, 6) is -1.39. The van der Waals surface area contributed by atoms with Crippen molar-refractivity contribution in [2.45, 2.75) is 25.8 Å². The number of carbonyl (C=O) groups is 1. The first-order valence-corrected chi connectivity index (χ1v) is 10.8. The van der Waals surface area contributed by atoms with Crippen LogP contribution >= 0.6 is 23.2 Å².